The van der Waals surface area contributed by atoms with Crippen molar-refractivity contribution in [2.24, 2.45) is 0 Å². The summed E-state index contributed by atoms with van der Waals surface area (Å²) in [5.74, 6) is 0.770. The van der Waals surface area contributed by atoms with Gasteiger partial charge in [-0.05, 0) is 30.2 Å². The van der Waals surface area contributed by atoms with Gasteiger partial charge in [-0.15, -0.1) is 0 Å². The maximum absolute atomic E-state index is 12.6. The van der Waals surface area contributed by atoms with E-state index in [1.165, 1.54) is 18.1 Å². The van der Waals surface area contributed by atoms with Crippen LogP contribution in [0.4, 0.5) is 10.5 Å². The van der Waals surface area contributed by atoms with Gasteiger partial charge >= 0.3 is 6.03 Å². The fourth-order valence-corrected chi connectivity index (χ4v) is 3.73. The van der Waals surface area contributed by atoms with Gasteiger partial charge in [0.2, 0.25) is 5.91 Å². The molecule has 0 radical (unpaired) electrons. The van der Waals surface area contributed by atoms with Crippen LogP contribution in [-0.2, 0) is 17.8 Å². The Morgan fingerprint density at radius 1 is 1.13 bits per heavy atom. The molecular formula is C22H24N4O4. The summed E-state index contributed by atoms with van der Waals surface area (Å²) in [5, 5.41) is 6.65. The van der Waals surface area contributed by atoms with Crippen molar-refractivity contribution in [2.75, 3.05) is 32.6 Å². The second-order valence-corrected chi connectivity index (χ2v) is 7.07. The van der Waals surface area contributed by atoms with Crippen LogP contribution in [0, 0.1) is 0 Å². The molecule has 2 aromatic carbocycles. The van der Waals surface area contributed by atoms with Gasteiger partial charge in [0, 0.05) is 29.2 Å². The molecule has 1 aliphatic heterocycles. The SMILES string of the molecule is COc1ccc(NC(=O)CNC(=O)N2CCc3c([nH]c4ccccc34)C2)c(OC)c1. The van der Waals surface area contributed by atoms with Gasteiger partial charge in [-0.2, -0.15) is 0 Å². The van der Waals surface area contributed by atoms with Gasteiger partial charge in [0.05, 0.1) is 33.0 Å². The predicted octanol–water partition coefficient (Wildman–Crippen LogP) is 2.89. The number of H-pyrrole nitrogens is 1. The summed E-state index contributed by atoms with van der Waals surface area (Å²) in [6.45, 7) is 0.961. The van der Waals surface area contributed by atoms with E-state index in [0.717, 1.165) is 17.6 Å². The van der Waals surface area contributed by atoms with Crippen LogP contribution < -0.4 is 20.1 Å². The predicted molar refractivity (Wildman–Crippen MR) is 114 cm³/mol. The Morgan fingerprint density at radius 3 is 2.77 bits per heavy atom. The molecule has 3 aromatic rings. The van der Waals surface area contributed by atoms with Crippen LogP contribution >= 0.6 is 0 Å². The number of anilines is 1. The maximum Gasteiger partial charge on any atom is 0.318 e. The van der Waals surface area contributed by atoms with Gasteiger partial charge < -0.3 is 30.0 Å². The van der Waals surface area contributed by atoms with Crippen LogP contribution in [0.25, 0.3) is 10.9 Å². The minimum Gasteiger partial charge on any atom is -0.497 e. The average molecular weight is 408 g/mol. The highest BCUT2D eigenvalue weighted by Gasteiger charge is 2.24. The molecule has 0 atom stereocenters. The summed E-state index contributed by atoms with van der Waals surface area (Å²) in [6.07, 6.45) is 0.780. The van der Waals surface area contributed by atoms with Gasteiger partial charge in [0.15, 0.2) is 0 Å². The number of urea groups is 1. The molecule has 0 unspecified atom stereocenters. The maximum atomic E-state index is 12.6. The fraction of sp³-hybridized carbons (Fsp3) is 0.273. The van der Waals surface area contributed by atoms with Gasteiger partial charge in [-0.25, -0.2) is 4.79 Å². The van der Waals surface area contributed by atoms with Gasteiger partial charge in [0.25, 0.3) is 0 Å². The standard InChI is InChI=1S/C22H24N4O4/c1-29-14-7-8-18(20(11-14)30-2)25-21(27)12-23-22(28)26-10-9-16-15-5-3-4-6-17(15)24-19(16)13-26/h3-8,11,24H,9-10,12-13H2,1-2H3,(H,23,28)(H,25,27). The zero-order valence-corrected chi connectivity index (χ0v) is 17.0. The van der Waals surface area contributed by atoms with E-state index >= 15 is 0 Å². The van der Waals surface area contributed by atoms with Gasteiger partial charge in [-0.1, -0.05) is 18.2 Å². The van der Waals surface area contributed by atoms with E-state index in [0.29, 0.717) is 30.3 Å². The van der Waals surface area contributed by atoms with Gasteiger partial charge in [-0.3, -0.25) is 4.79 Å². The Balaban J connectivity index is 1.34. The number of hydrogen-bond donors (Lipinski definition) is 3. The number of nitrogens with zero attached hydrogens (tertiary/aromatic N) is 1. The summed E-state index contributed by atoms with van der Waals surface area (Å²) in [5.41, 5.74) is 3.90. The molecule has 0 saturated carbocycles. The number of benzene rings is 2. The average Bonchev–Trinajstić information content (AvgIpc) is 3.15. The first-order valence-corrected chi connectivity index (χ1v) is 9.72. The highest BCUT2D eigenvalue weighted by Crippen LogP contribution is 2.29. The first kappa shape index (κ1) is 19.6. The summed E-state index contributed by atoms with van der Waals surface area (Å²) in [6, 6.07) is 13.0. The molecule has 3 N–H and O–H groups in total. The van der Waals surface area contributed by atoms with E-state index in [9.17, 15) is 9.59 Å². The number of para-hydroxylation sites is 1. The topological polar surface area (TPSA) is 95.7 Å². The third kappa shape index (κ3) is 3.89. The lowest BCUT2D eigenvalue weighted by molar-refractivity contribution is -0.115. The largest absolute Gasteiger partial charge is 0.497 e. The molecule has 0 saturated heterocycles. The number of aromatic nitrogens is 1. The lowest BCUT2D eigenvalue weighted by Crippen LogP contribution is -2.45. The fourth-order valence-electron chi connectivity index (χ4n) is 3.73. The molecular weight excluding hydrogens is 384 g/mol. The monoisotopic (exact) mass is 408 g/mol. The van der Waals surface area contributed by atoms with Crippen molar-refractivity contribution in [3.8, 4) is 11.5 Å². The molecule has 0 spiro atoms. The van der Waals surface area contributed by atoms with Crippen molar-refractivity contribution in [2.45, 2.75) is 13.0 Å². The van der Waals surface area contributed by atoms with E-state index in [4.69, 9.17) is 9.47 Å². The first-order chi connectivity index (χ1) is 14.6. The molecule has 0 aliphatic carbocycles. The zero-order valence-electron chi connectivity index (χ0n) is 17.0. The number of fused-ring (bicyclic) bond motifs is 3. The molecule has 8 heteroatoms. The van der Waals surface area contributed by atoms with E-state index in [2.05, 4.69) is 21.7 Å². The number of amides is 3. The molecule has 8 nitrogen and oxygen atoms in total. The minimum atomic E-state index is -0.338. The third-order valence-corrected chi connectivity index (χ3v) is 5.25. The molecule has 4 rings (SSSR count). The van der Waals surface area contributed by atoms with Crippen LogP contribution in [0.1, 0.15) is 11.3 Å². The first-order valence-electron chi connectivity index (χ1n) is 9.72. The number of aromatic amines is 1. The van der Waals surface area contributed by atoms with Crippen molar-refractivity contribution in [3.05, 3.63) is 53.7 Å². The molecule has 1 aliphatic rings. The molecule has 1 aromatic heterocycles. The Morgan fingerprint density at radius 2 is 1.97 bits per heavy atom. The number of carbonyl (C=O) groups is 2. The molecule has 2 heterocycles. The van der Waals surface area contributed by atoms with Crippen LogP contribution in [0.2, 0.25) is 0 Å². The molecule has 0 bridgehead atoms. The van der Waals surface area contributed by atoms with E-state index in [1.54, 1.807) is 30.2 Å². The lowest BCUT2D eigenvalue weighted by atomic mass is 10.0. The van der Waals surface area contributed by atoms with Crippen molar-refractivity contribution in [1.29, 1.82) is 0 Å². The minimum absolute atomic E-state index is 0.135. The normalized spacial score (nSPS) is 12.9. The number of ether oxygens (including phenoxy) is 2. The van der Waals surface area contributed by atoms with Crippen LogP contribution in [-0.4, -0.2) is 49.1 Å². The second-order valence-electron chi connectivity index (χ2n) is 7.07. The molecule has 3 amide bonds. The number of carbonyl (C=O) groups excluding carboxylic acids is 2. The van der Waals surface area contributed by atoms with Gasteiger partial charge in [0.1, 0.15) is 11.5 Å². The Hall–Kier alpha value is -3.68. The number of methoxy groups -OCH3 is 2. The lowest BCUT2D eigenvalue weighted by Gasteiger charge is -2.27. The Kier molecular flexibility index (Phi) is 5.47. The highest BCUT2D eigenvalue weighted by atomic mass is 16.5. The van der Waals surface area contributed by atoms with Crippen molar-refractivity contribution in [3.63, 3.8) is 0 Å². The van der Waals surface area contributed by atoms with Crippen molar-refractivity contribution >= 4 is 28.5 Å². The smallest absolute Gasteiger partial charge is 0.318 e. The third-order valence-electron chi connectivity index (χ3n) is 5.25. The quantitative estimate of drug-likeness (QED) is 0.605. The van der Waals surface area contributed by atoms with Crippen molar-refractivity contribution in [1.82, 2.24) is 15.2 Å². The second kappa shape index (κ2) is 8.36. The van der Waals surface area contributed by atoms with Crippen LogP contribution in [0.3, 0.4) is 0 Å². The Bertz CT molecular complexity index is 1090. The summed E-state index contributed by atoms with van der Waals surface area (Å²) < 4.78 is 10.4. The molecule has 0 fully saturated rings. The number of hydrogen-bond acceptors (Lipinski definition) is 4. The number of rotatable bonds is 5. The summed E-state index contributed by atoms with van der Waals surface area (Å²) in [7, 11) is 3.07. The molecule has 30 heavy (non-hydrogen) atoms. The van der Waals surface area contributed by atoms with Crippen LogP contribution in [0.5, 0.6) is 11.5 Å². The van der Waals surface area contributed by atoms with E-state index < -0.39 is 0 Å². The summed E-state index contributed by atoms with van der Waals surface area (Å²) in [4.78, 5) is 30.0. The number of nitrogens with one attached hydrogen (secondary N) is 3. The Labute approximate surface area is 174 Å². The zero-order chi connectivity index (χ0) is 21.1. The highest BCUT2D eigenvalue weighted by molar-refractivity contribution is 5.95. The van der Waals surface area contributed by atoms with Crippen molar-refractivity contribution < 1.29 is 19.1 Å². The molecule has 156 valence electrons. The van der Waals surface area contributed by atoms with E-state index in [1.807, 2.05) is 18.2 Å². The van der Waals surface area contributed by atoms with Crippen LogP contribution in [0.15, 0.2) is 42.5 Å². The summed E-state index contributed by atoms with van der Waals surface area (Å²) >= 11 is 0. The van der Waals surface area contributed by atoms with E-state index in [-0.39, 0.29) is 18.5 Å².